The molecule has 90 valence electrons. The number of carbonyl (C=O) groups excluding carboxylic acids is 1. The summed E-state index contributed by atoms with van der Waals surface area (Å²) in [5.41, 5.74) is 0. The van der Waals surface area contributed by atoms with Crippen LogP contribution in [-0.4, -0.2) is 30.5 Å². The fraction of sp³-hybridized carbons (Fsp3) is 0.889. The van der Waals surface area contributed by atoms with E-state index in [2.05, 4.69) is 20.7 Å². The van der Waals surface area contributed by atoms with Crippen LogP contribution in [0.3, 0.4) is 0 Å². The molecule has 0 aromatic carbocycles. The predicted octanol–water partition coefficient (Wildman–Crippen LogP) is 2.94. The normalized spacial score (nSPS) is 15.1. The highest BCUT2D eigenvalue weighted by atomic mass is 79.9. The number of hydrogen-bond acceptors (Lipinski definition) is 2. The zero-order valence-corrected chi connectivity index (χ0v) is 9.97. The highest BCUT2D eigenvalue weighted by molar-refractivity contribution is 9.09. The molecule has 0 fully saturated rings. The van der Waals surface area contributed by atoms with Crippen LogP contribution in [0.4, 0.5) is 13.2 Å². The van der Waals surface area contributed by atoms with Crippen molar-refractivity contribution in [2.75, 3.05) is 11.9 Å². The van der Waals surface area contributed by atoms with Gasteiger partial charge in [0.25, 0.3) is 0 Å². The van der Waals surface area contributed by atoms with Gasteiger partial charge >= 0.3 is 5.97 Å². The second-order valence-electron chi connectivity index (χ2n) is 3.06. The Labute approximate surface area is 95.3 Å². The van der Waals surface area contributed by atoms with Crippen molar-refractivity contribution in [2.45, 2.75) is 32.4 Å². The van der Waals surface area contributed by atoms with Crippen molar-refractivity contribution in [3.63, 3.8) is 0 Å². The van der Waals surface area contributed by atoms with Crippen LogP contribution in [0.5, 0.6) is 0 Å². The Hall–Kier alpha value is -0.260. The Morgan fingerprint density at radius 2 is 1.93 bits per heavy atom. The second kappa shape index (κ2) is 7.96. The molecule has 0 saturated heterocycles. The Balaban J connectivity index is 4.23. The second-order valence-corrected chi connectivity index (χ2v) is 3.71. The number of halogens is 4. The molecule has 0 N–H and O–H groups in total. The van der Waals surface area contributed by atoms with Crippen molar-refractivity contribution in [2.24, 2.45) is 5.92 Å². The monoisotopic (exact) mass is 290 g/mol. The van der Waals surface area contributed by atoms with Gasteiger partial charge in [0, 0.05) is 11.8 Å². The molecule has 2 unspecified atom stereocenters. The molecule has 0 amide bonds. The fourth-order valence-electron chi connectivity index (χ4n) is 1.14. The number of rotatable bonds is 7. The van der Waals surface area contributed by atoms with E-state index in [4.69, 9.17) is 0 Å². The maximum absolute atomic E-state index is 12.9. The van der Waals surface area contributed by atoms with Gasteiger partial charge in [0.1, 0.15) is 6.17 Å². The average Bonchev–Trinajstić information content (AvgIpc) is 2.16. The first-order valence-electron chi connectivity index (χ1n) is 4.66. The molecule has 2 nitrogen and oxygen atoms in total. The summed E-state index contributed by atoms with van der Waals surface area (Å²) < 4.78 is 41.7. The minimum atomic E-state index is -2.62. The van der Waals surface area contributed by atoms with Gasteiger partial charge in [-0.3, -0.25) is 4.79 Å². The van der Waals surface area contributed by atoms with Crippen molar-refractivity contribution in [3.05, 3.63) is 0 Å². The van der Waals surface area contributed by atoms with Crippen LogP contribution >= 0.6 is 15.9 Å². The lowest BCUT2D eigenvalue weighted by atomic mass is 9.99. The molecule has 0 rings (SSSR count). The summed E-state index contributed by atoms with van der Waals surface area (Å²) >= 11 is 2.88. The highest BCUT2D eigenvalue weighted by Gasteiger charge is 2.26. The van der Waals surface area contributed by atoms with Gasteiger partial charge in [0.15, 0.2) is 0 Å². The molecule has 0 aromatic rings. The smallest absolute Gasteiger partial charge is 0.309 e. The molecule has 0 saturated carbocycles. The predicted molar refractivity (Wildman–Crippen MR) is 54.1 cm³/mol. The first-order chi connectivity index (χ1) is 7.01. The van der Waals surface area contributed by atoms with E-state index in [1.807, 2.05) is 0 Å². The molecule has 0 aliphatic rings. The molecule has 2 atom stereocenters. The van der Waals surface area contributed by atoms with Crippen LogP contribution in [0.2, 0.25) is 0 Å². The molecule has 6 heteroatoms. The van der Waals surface area contributed by atoms with E-state index >= 15 is 0 Å². The van der Waals surface area contributed by atoms with E-state index in [1.54, 1.807) is 6.92 Å². The molecule has 0 aromatic heterocycles. The summed E-state index contributed by atoms with van der Waals surface area (Å²) in [5.74, 6) is -1.81. The lowest BCUT2D eigenvalue weighted by Gasteiger charge is -2.16. The molecule has 0 aliphatic heterocycles. The van der Waals surface area contributed by atoms with Gasteiger partial charge in [0.2, 0.25) is 6.43 Å². The largest absolute Gasteiger partial charge is 0.466 e. The molecule has 0 bridgehead atoms. The standard InChI is InChI=1S/C9H14BrF3O2/c1-2-15-9(14)6(4-8(12)13)3-7(11)5-10/h6-8H,2-5H2,1H3. The molecule has 0 spiro atoms. The van der Waals surface area contributed by atoms with Crippen molar-refractivity contribution in [1.82, 2.24) is 0 Å². The number of esters is 1. The van der Waals surface area contributed by atoms with Crippen LogP contribution in [0.25, 0.3) is 0 Å². The molecular weight excluding hydrogens is 277 g/mol. The summed E-state index contributed by atoms with van der Waals surface area (Å²) in [5, 5.41) is 0.0339. The molecular formula is C9H14BrF3O2. The summed E-state index contributed by atoms with van der Waals surface area (Å²) in [6.45, 7) is 1.69. The van der Waals surface area contributed by atoms with E-state index in [9.17, 15) is 18.0 Å². The summed E-state index contributed by atoms with van der Waals surface area (Å²) in [4.78, 5) is 11.2. The van der Waals surface area contributed by atoms with Crippen LogP contribution in [0.15, 0.2) is 0 Å². The van der Waals surface area contributed by atoms with Crippen molar-refractivity contribution in [3.8, 4) is 0 Å². The SMILES string of the molecule is CCOC(=O)C(CC(F)F)CC(F)CBr. The third-order valence-corrected chi connectivity index (χ3v) is 2.49. The third-order valence-electron chi connectivity index (χ3n) is 1.79. The van der Waals surface area contributed by atoms with Crippen molar-refractivity contribution >= 4 is 21.9 Å². The molecule has 0 aliphatic carbocycles. The zero-order chi connectivity index (χ0) is 11.8. The summed E-state index contributed by atoms with van der Waals surface area (Å²) in [7, 11) is 0. The highest BCUT2D eigenvalue weighted by Crippen LogP contribution is 2.20. The molecule has 0 radical (unpaired) electrons. The van der Waals surface area contributed by atoms with Crippen LogP contribution in [-0.2, 0) is 9.53 Å². The minimum Gasteiger partial charge on any atom is -0.466 e. The van der Waals surface area contributed by atoms with Crippen LogP contribution in [0.1, 0.15) is 19.8 Å². The fourth-order valence-corrected chi connectivity index (χ4v) is 1.40. The molecule has 15 heavy (non-hydrogen) atoms. The lowest BCUT2D eigenvalue weighted by molar-refractivity contribution is -0.150. The van der Waals surface area contributed by atoms with Gasteiger partial charge in [-0.25, -0.2) is 13.2 Å². The quantitative estimate of drug-likeness (QED) is 0.532. The van der Waals surface area contributed by atoms with Gasteiger partial charge < -0.3 is 4.74 Å². The Bertz CT molecular complexity index is 190. The number of carbonyl (C=O) groups is 1. The first-order valence-corrected chi connectivity index (χ1v) is 5.78. The molecule has 0 heterocycles. The van der Waals surface area contributed by atoms with Gasteiger partial charge in [-0.1, -0.05) is 15.9 Å². The van der Waals surface area contributed by atoms with Crippen LogP contribution in [0, 0.1) is 5.92 Å². The lowest BCUT2D eigenvalue weighted by Crippen LogP contribution is -2.24. The van der Waals surface area contributed by atoms with E-state index in [-0.39, 0.29) is 18.4 Å². The zero-order valence-electron chi connectivity index (χ0n) is 8.39. The van der Waals surface area contributed by atoms with Gasteiger partial charge in [-0.15, -0.1) is 0 Å². The minimum absolute atomic E-state index is 0.0339. The van der Waals surface area contributed by atoms with E-state index in [1.165, 1.54) is 0 Å². The van der Waals surface area contributed by atoms with Crippen molar-refractivity contribution < 1.29 is 22.7 Å². The Morgan fingerprint density at radius 3 is 2.33 bits per heavy atom. The number of alkyl halides is 4. The maximum Gasteiger partial charge on any atom is 0.309 e. The van der Waals surface area contributed by atoms with E-state index < -0.39 is 30.9 Å². The van der Waals surface area contributed by atoms with E-state index in [0.29, 0.717) is 0 Å². The summed E-state index contributed by atoms with van der Waals surface area (Å²) in [6.07, 6.45) is -4.80. The van der Waals surface area contributed by atoms with Crippen LogP contribution < -0.4 is 0 Å². The number of hydrogen-bond donors (Lipinski definition) is 0. The van der Waals surface area contributed by atoms with Gasteiger partial charge in [-0.05, 0) is 13.3 Å². The first kappa shape index (κ1) is 14.7. The topological polar surface area (TPSA) is 26.3 Å². The number of ether oxygens (including phenoxy) is 1. The average molecular weight is 291 g/mol. The Kier molecular flexibility index (Phi) is 7.82. The van der Waals surface area contributed by atoms with Gasteiger partial charge in [0.05, 0.1) is 12.5 Å². The maximum atomic E-state index is 12.9. The Morgan fingerprint density at radius 1 is 1.33 bits per heavy atom. The van der Waals surface area contributed by atoms with Gasteiger partial charge in [-0.2, -0.15) is 0 Å². The van der Waals surface area contributed by atoms with Crippen molar-refractivity contribution in [1.29, 1.82) is 0 Å². The van der Waals surface area contributed by atoms with E-state index in [0.717, 1.165) is 0 Å². The third kappa shape index (κ3) is 6.76. The summed E-state index contributed by atoms with van der Waals surface area (Å²) in [6, 6.07) is 0.